The number of nitrogens with one attached hydrogen (secondary N) is 2. The molecule has 1 aromatic rings. The lowest BCUT2D eigenvalue weighted by atomic mass is 10.1. The van der Waals surface area contributed by atoms with Gasteiger partial charge < -0.3 is 10.6 Å². The van der Waals surface area contributed by atoms with Gasteiger partial charge in [-0.25, -0.2) is 13.6 Å². The first-order valence-corrected chi connectivity index (χ1v) is 7.67. The van der Waals surface area contributed by atoms with Crippen LogP contribution in [0.5, 0.6) is 0 Å². The first-order chi connectivity index (χ1) is 10.5. The summed E-state index contributed by atoms with van der Waals surface area (Å²) >= 11 is 0. The van der Waals surface area contributed by atoms with E-state index < -0.39 is 6.43 Å². The molecule has 0 aliphatic carbocycles. The zero-order valence-electron chi connectivity index (χ0n) is 12.8. The third-order valence-electron chi connectivity index (χ3n) is 3.97. The number of hydrogen-bond acceptors (Lipinski definition) is 2. The number of urea groups is 1. The number of halogens is 2. The van der Waals surface area contributed by atoms with Gasteiger partial charge in [-0.1, -0.05) is 30.3 Å². The summed E-state index contributed by atoms with van der Waals surface area (Å²) in [6.07, 6.45) is -0.876. The molecule has 1 aliphatic rings. The molecule has 0 unspecified atom stereocenters. The summed E-state index contributed by atoms with van der Waals surface area (Å²) in [6, 6.07) is 9.51. The van der Waals surface area contributed by atoms with E-state index in [0.717, 1.165) is 5.56 Å². The molecule has 0 bridgehead atoms. The van der Waals surface area contributed by atoms with Gasteiger partial charge in [0.2, 0.25) is 0 Å². The van der Waals surface area contributed by atoms with Crippen LogP contribution in [-0.4, -0.2) is 43.0 Å². The largest absolute Gasteiger partial charge is 0.335 e. The predicted octanol–water partition coefficient (Wildman–Crippen LogP) is 2.78. The van der Waals surface area contributed by atoms with Gasteiger partial charge in [0.1, 0.15) is 0 Å². The van der Waals surface area contributed by atoms with Crippen LogP contribution in [0.2, 0.25) is 0 Å². The molecular formula is C16H23F2N3O. The third kappa shape index (κ3) is 5.26. The number of nitrogens with zero attached hydrogens (tertiary/aromatic N) is 1. The Morgan fingerprint density at radius 1 is 1.27 bits per heavy atom. The van der Waals surface area contributed by atoms with Crippen LogP contribution < -0.4 is 10.6 Å². The zero-order valence-corrected chi connectivity index (χ0v) is 12.8. The van der Waals surface area contributed by atoms with Crippen LogP contribution in [0.25, 0.3) is 0 Å². The van der Waals surface area contributed by atoms with Gasteiger partial charge in [-0.2, -0.15) is 0 Å². The summed E-state index contributed by atoms with van der Waals surface area (Å²) in [4.78, 5) is 13.7. The third-order valence-corrected chi connectivity index (χ3v) is 3.97. The molecule has 0 spiro atoms. The summed E-state index contributed by atoms with van der Waals surface area (Å²) in [5, 5.41) is 5.83. The lowest BCUT2D eigenvalue weighted by Gasteiger charge is -2.32. The molecule has 1 aliphatic heterocycles. The van der Waals surface area contributed by atoms with Crippen LogP contribution in [-0.2, 0) is 0 Å². The minimum atomic E-state index is -2.29. The standard InChI is InChI=1S/C16H23F2N3O/c1-12(13-5-3-2-4-6-13)19-16(22)20-14-7-9-21(10-8-14)11-15(17)18/h2-6,12,14-15H,7-11H2,1H3,(H2,19,20,22)/t12-/m1/s1. The molecule has 1 aromatic carbocycles. The van der Waals surface area contributed by atoms with Crippen molar-refractivity contribution in [3.63, 3.8) is 0 Å². The van der Waals surface area contributed by atoms with Crippen LogP contribution in [0.15, 0.2) is 30.3 Å². The highest BCUT2D eigenvalue weighted by molar-refractivity contribution is 5.74. The Morgan fingerprint density at radius 3 is 2.50 bits per heavy atom. The SMILES string of the molecule is C[C@@H](NC(=O)NC1CCN(CC(F)F)CC1)c1ccccc1. The van der Waals surface area contributed by atoms with Gasteiger partial charge >= 0.3 is 6.03 Å². The van der Waals surface area contributed by atoms with Gasteiger partial charge in [0.05, 0.1) is 12.6 Å². The fourth-order valence-corrected chi connectivity index (χ4v) is 2.70. The first-order valence-electron chi connectivity index (χ1n) is 7.67. The maximum atomic E-state index is 12.3. The van der Waals surface area contributed by atoms with E-state index in [1.807, 2.05) is 37.3 Å². The van der Waals surface area contributed by atoms with Gasteiger partial charge in [0.25, 0.3) is 6.43 Å². The smallest absolute Gasteiger partial charge is 0.315 e. The Morgan fingerprint density at radius 2 is 1.91 bits per heavy atom. The second-order valence-corrected chi connectivity index (χ2v) is 5.72. The second-order valence-electron chi connectivity index (χ2n) is 5.72. The molecule has 4 nitrogen and oxygen atoms in total. The average molecular weight is 311 g/mol. The molecule has 2 rings (SSSR count). The van der Waals surface area contributed by atoms with E-state index in [1.165, 1.54) is 0 Å². The van der Waals surface area contributed by atoms with Crippen LogP contribution >= 0.6 is 0 Å². The Hall–Kier alpha value is -1.69. The number of benzene rings is 1. The number of rotatable bonds is 5. The average Bonchev–Trinajstić information content (AvgIpc) is 2.49. The van der Waals surface area contributed by atoms with E-state index in [4.69, 9.17) is 0 Å². The molecule has 1 saturated heterocycles. The van der Waals surface area contributed by atoms with Crippen molar-refractivity contribution < 1.29 is 13.6 Å². The maximum Gasteiger partial charge on any atom is 0.315 e. The van der Waals surface area contributed by atoms with Gasteiger partial charge in [-0.3, -0.25) is 4.90 Å². The Bertz CT molecular complexity index is 462. The lowest BCUT2D eigenvalue weighted by Crippen LogP contribution is -2.48. The van der Waals surface area contributed by atoms with Crippen molar-refractivity contribution in [1.82, 2.24) is 15.5 Å². The molecule has 1 atom stereocenters. The Balaban J connectivity index is 1.72. The van der Waals surface area contributed by atoms with E-state index in [1.54, 1.807) is 4.90 Å². The highest BCUT2D eigenvalue weighted by Crippen LogP contribution is 2.13. The first kappa shape index (κ1) is 16.7. The van der Waals surface area contributed by atoms with E-state index >= 15 is 0 Å². The molecule has 6 heteroatoms. The summed E-state index contributed by atoms with van der Waals surface area (Å²) in [5.74, 6) is 0. The van der Waals surface area contributed by atoms with Crippen molar-refractivity contribution in [1.29, 1.82) is 0 Å². The van der Waals surface area contributed by atoms with Crippen molar-refractivity contribution in [3.8, 4) is 0 Å². The molecule has 0 radical (unpaired) electrons. The monoisotopic (exact) mass is 311 g/mol. The van der Waals surface area contributed by atoms with Crippen molar-refractivity contribution >= 4 is 6.03 Å². The number of likely N-dealkylation sites (tertiary alicyclic amines) is 1. The van der Waals surface area contributed by atoms with Crippen LogP contribution in [0.4, 0.5) is 13.6 Å². The molecular weight excluding hydrogens is 288 g/mol. The van der Waals surface area contributed by atoms with E-state index in [9.17, 15) is 13.6 Å². The van der Waals surface area contributed by atoms with Crippen molar-refractivity contribution in [2.45, 2.75) is 38.3 Å². The van der Waals surface area contributed by atoms with Crippen molar-refractivity contribution in [2.24, 2.45) is 0 Å². The maximum absolute atomic E-state index is 12.3. The van der Waals surface area contributed by atoms with Gasteiger partial charge in [0.15, 0.2) is 0 Å². The predicted molar refractivity (Wildman–Crippen MR) is 82.0 cm³/mol. The fourth-order valence-electron chi connectivity index (χ4n) is 2.70. The van der Waals surface area contributed by atoms with Gasteiger partial charge in [-0.05, 0) is 25.3 Å². The number of carbonyl (C=O) groups is 1. The molecule has 2 amide bonds. The summed E-state index contributed by atoms with van der Waals surface area (Å²) in [5.41, 5.74) is 1.05. The molecule has 2 N–H and O–H groups in total. The van der Waals surface area contributed by atoms with Crippen molar-refractivity contribution in [3.05, 3.63) is 35.9 Å². The number of amides is 2. The van der Waals surface area contributed by atoms with Gasteiger partial charge in [0, 0.05) is 19.1 Å². The Labute approximate surface area is 129 Å². The minimum absolute atomic E-state index is 0.0527. The Kier molecular flexibility index (Phi) is 6.12. The van der Waals surface area contributed by atoms with Crippen molar-refractivity contribution in [2.75, 3.05) is 19.6 Å². The van der Waals surface area contributed by atoms with E-state index in [-0.39, 0.29) is 24.7 Å². The van der Waals surface area contributed by atoms with Gasteiger partial charge in [-0.15, -0.1) is 0 Å². The summed E-state index contributed by atoms with van der Waals surface area (Å²) in [6.45, 7) is 2.96. The van der Waals surface area contributed by atoms with E-state index in [0.29, 0.717) is 25.9 Å². The molecule has 1 heterocycles. The lowest BCUT2D eigenvalue weighted by molar-refractivity contribution is 0.0736. The number of carbonyl (C=O) groups excluding carboxylic acids is 1. The molecule has 0 saturated carbocycles. The number of hydrogen-bond donors (Lipinski definition) is 2. The fraction of sp³-hybridized carbons (Fsp3) is 0.562. The van der Waals surface area contributed by atoms with E-state index in [2.05, 4.69) is 10.6 Å². The molecule has 1 fully saturated rings. The summed E-state index contributed by atoms with van der Waals surface area (Å²) < 4.78 is 24.6. The quantitative estimate of drug-likeness (QED) is 0.878. The topological polar surface area (TPSA) is 44.4 Å². The van der Waals surface area contributed by atoms with Crippen LogP contribution in [0.1, 0.15) is 31.4 Å². The molecule has 122 valence electrons. The highest BCUT2D eigenvalue weighted by Gasteiger charge is 2.22. The highest BCUT2D eigenvalue weighted by atomic mass is 19.3. The normalized spacial score (nSPS) is 18.2. The molecule has 22 heavy (non-hydrogen) atoms. The van der Waals surface area contributed by atoms with Crippen LogP contribution in [0, 0.1) is 0 Å². The second kappa shape index (κ2) is 8.08. The number of piperidine rings is 1. The molecule has 0 aromatic heterocycles. The number of alkyl halides is 2. The summed E-state index contributed by atoms with van der Waals surface area (Å²) in [7, 11) is 0. The minimum Gasteiger partial charge on any atom is -0.335 e. The van der Waals surface area contributed by atoms with Crippen LogP contribution in [0.3, 0.4) is 0 Å². The zero-order chi connectivity index (χ0) is 15.9.